The van der Waals surface area contributed by atoms with Crippen LogP contribution in [-0.4, -0.2) is 25.9 Å². The smallest absolute Gasteiger partial charge is 0.325 e. The molecule has 0 radical (unpaired) electrons. The van der Waals surface area contributed by atoms with Crippen LogP contribution in [0.15, 0.2) is 34.2 Å². The average molecular weight is 332 g/mol. The second-order valence-corrected chi connectivity index (χ2v) is 7.02. The fourth-order valence-electron chi connectivity index (χ4n) is 2.31. The molecule has 0 saturated heterocycles. The van der Waals surface area contributed by atoms with Crippen molar-refractivity contribution >= 4 is 23.4 Å². The topological polar surface area (TPSA) is 79.8 Å². The number of benzene rings is 1. The number of aromatic nitrogens is 3. The molecule has 0 aliphatic heterocycles. The summed E-state index contributed by atoms with van der Waals surface area (Å²) in [5.74, 6) is -0.1000. The summed E-state index contributed by atoms with van der Waals surface area (Å²) in [4.78, 5) is 24.1. The van der Waals surface area contributed by atoms with Crippen LogP contribution in [0.3, 0.4) is 0 Å². The van der Waals surface area contributed by atoms with Crippen LogP contribution in [0.25, 0.3) is 0 Å². The largest absolute Gasteiger partial charge is 0.344 e. The summed E-state index contributed by atoms with van der Waals surface area (Å²) in [6.07, 6.45) is 2.97. The Morgan fingerprint density at radius 2 is 2.13 bits per heavy atom. The molecule has 1 fully saturated rings. The molecule has 1 atom stereocenters. The first-order chi connectivity index (χ1) is 11.1. The number of carbonyl (C=O) groups is 1. The number of rotatable bonds is 6. The van der Waals surface area contributed by atoms with Gasteiger partial charge >= 0.3 is 5.69 Å². The van der Waals surface area contributed by atoms with E-state index in [4.69, 9.17) is 0 Å². The molecule has 6 nitrogen and oxygen atoms in total. The Morgan fingerprint density at radius 1 is 1.43 bits per heavy atom. The standard InChI is InChI=1S/C16H20N4O2S/c1-3-11-4-6-12(7-5-11)17-14(21)10(2)23-16-19-18-15(22)20(16)13-8-9-13/h4-7,10,13H,3,8-9H2,1-2H3,(H,17,21)(H,18,22)/t10-/m0/s1. The minimum absolute atomic E-state index is 0.1000. The van der Waals surface area contributed by atoms with Gasteiger partial charge in [-0.15, -0.1) is 5.10 Å². The molecule has 0 spiro atoms. The molecule has 1 aliphatic carbocycles. The summed E-state index contributed by atoms with van der Waals surface area (Å²) in [6.45, 7) is 3.91. The van der Waals surface area contributed by atoms with Gasteiger partial charge < -0.3 is 5.32 Å². The Bertz CT molecular complexity index is 746. The molecule has 7 heteroatoms. The summed E-state index contributed by atoms with van der Waals surface area (Å²) in [5, 5.41) is 9.65. The molecule has 1 aromatic heterocycles. The van der Waals surface area contributed by atoms with Gasteiger partial charge in [0, 0.05) is 11.7 Å². The highest BCUT2D eigenvalue weighted by Gasteiger charge is 2.30. The van der Waals surface area contributed by atoms with Gasteiger partial charge in [0.05, 0.1) is 5.25 Å². The molecule has 1 aromatic carbocycles. The molecule has 1 heterocycles. The first kappa shape index (κ1) is 15.9. The van der Waals surface area contributed by atoms with Crippen LogP contribution in [0, 0.1) is 0 Å². The molecular weight excluding hydrogens is 312 g/mol. The Balaban J connectivity index is 1.64. The maximum absolute atomic E-state index is 12.3. The van der Waals surface area contributed by atoms with E-state index in [1.807, 2.05) is 31.2 Å². The van der Waals surface area contributed by atoms with E-state index in [0.717, 1.165) is 24.9 Å². The van der Waals surface area contributed by atoms with Gasteiger partial charge in [-0.25, -0.2) is 9.89 Å². The SMILES string of the molecule is CCc1ccc(NC(=O)[C@H](C)Sc2n[nH]c(=O)n2C2CC2)cc1. The van der Waals surface area contributed by atoms with Gasteiger partial charge in [0.2, 0.25) is 5.91 Å². The second kappa shape index (κ2) is 6.62. The van der Waals surface area contributed by atoms with Gasteiger partial charge in [0.25, 0.3) is 0 Å². The Labute approximate surface area is 138 Å². The van der Waals surface area contributed by atoms with Crippen LogP contribution in [-0.2, 0) is 11.2 Å². The quantitative estimate of drug-likeness (QED) is 0.797. The number of nitrogens with one attached hydrogen (secondary N) is 2. The molecule has 122 valence electrons. The summed E-state index contributed by atoms with van der Waals surface area (Å²) >= 11 is 1.30. The molecule has 2 N–H and O–H groups in total. The first-order valence-corrected chi connectivity index (χ1v) is 8.69. The number of H-pyrrole nitrogens is 1. The third-order valence-electron chi connectivity index (χ3n) is 3.87. The van der Waals surface area contributed by atoms with E-state index in [1.165, 1.54) is 17.3 Å². The molecule has 0 unspecified atom stereocenters. The van der Waals surface area contributed by atoms with Gasteiger partial charge in [-0.2, -0.15) is 0 Å². The van der Waals surface area contributed by atoms with Crippen molar-refractivity contribution in [3.8, 4) is 0 Å². The maximum atomic E-state index is 12.3. The highest BCUT2D eigenvalue weighted by Crippen LogP contribution is 2.36. The van der Waals surface area contributed by atoms with Crippen LogP contribution in [0.5, 0.6) is 0 Å². The van der Waals surface area contributed by atoms with Gasteiger partial charge in [0.1, 0.15) is 0 Å². The number of carbonyl (C=O) groups excluding carboxylic acids is 1. The van der Waals surface area contributed by atoms with Crippen molar-refractivity contribution in [2.75, 3.05) is 5.32 Å². The van der Waals surface area contributed by atoms with E-state index in [1.54, 1.807) is 4.57 Å². The van der Waals surface area contributed by atoms with Gasteiger partial charge in [-0.3, -0.25) is 9.36 Å². The number of aromatic amines is 1. The van der Waals surface area contributed by atoms with E-state index < -0.39 is 0 Å². The zero-order chi connectivity index (χ0) is 16.4. The van der Waals surface area contributed by atoms with Crippen molar-refractivity contribution in [3.05, 3.63) is 40.3 Å². The lowest BCUT2D eigenvalue weighted by molar-refractivity contribution is -0.115. The summed E-state index contributed by atoms with van der Waals surface area (Å²) < 4.78 is 1.66. The molecule has 1 aliphatic rings. The third kappa shape index (κ3) is 3.67. The number of nitrogens with zero attached hydrogens (tertiary/aromatic N) is 2. The van der Waals surface area contributed by atoms with E-state index in [0.29, 0.717) is 5.16 Å². The van der Waals surface area contributed by atoms with E-state index >= 15 is 0 Å². The van der Waals surface area contributed by atoms with Crippen molar-refractivity contribution < 1.29 is 4.79 Å². The lowest BCUT2D eigenvalue weighted by Crippen LogP contribution is -2.23. The van der Waals surface area contributed by atoms with Crippen molar-refractivity contribution in [2.24, 2.45) is 0 Å². The highest BCUT2D eigenvalue weighted by atomic mass is 32.2. The lowest BCUT2D eigenvalue weighted by atomic mass is 10.1. The normalized spacial score (nSPS) is 15.4. The Kier molecular flexibility index (Phi) is 4.56. The molecule has 23 heavy (non-hydrogen) atoms. The van der Waals surface area contributed by atoms with E-state index in [9.17, 15) is 9.59 Å². The van der Waals surface area contributed by atoms with E-state index in [2.05, 4.69) is 22.4 Å². The van der Waals surface area contributed by atoms with Crippen LogP contribution in [0.2, 0.25) is 0 Å². The highest BCUT2D eigenvalue weighted by molar-refractivity contribution is 8.00. The lowest BCUT2D eigenvalue weighted by Gasteiger charge is -2.12. The molecule has 0 bridgehead atoms. The Hall–Kier alpha value is -2.02. The average Bonchev–Trinajstić information content (AvgIpc) is 3.32. The fraction of sp³-hybridized carbons (Fsp3) is 0.438. The van der Waals surface area contributed by atoms with Crippen molar-refractivity contribution in [1.29, 1.82) is 0 Å². The van der Waals surface area contributed by atoms with Crippen molar-refractivity contribution in [3.63, 3.8) is 0 Å². The van der Waals surface area contributed by atoms with Crippen LogP contribution in [0.4, 0.5) is 5.69 Å². The molecular formula is C16H20N4O2S. The second-order valence-electron chi connectivity index (χ2n) is 5.71. The maximum Gasteiger partial charge on any atom is 0.344 e. The van der Waals surface area contributed by atoms with Crippen molar-refractivity contribution in [1.82, 2.24) is 14.8 Å². The zero-order valence-electron chi connectivity index (χ0n) is 13.2. The van der Waals surface area contributed by atoms with Gasteiger partial charge in [0.15, 0.2) is 5.16 Å². The monoisotopic (exact) mass is 332 g/mol. The van der Waals surface area contributed by atoms with E-state index in [-0.39, 0.29) is 22.9 Å². The first-order valence-electron chi connectivity index (χ1n) is 7.82. The van der Waals surface area contributed by atoms with Gasteiger partial charge in [-0.05, 0) is 43.9 Å². The minimum atomic E-state index is -0.339. The fourth-order valence-corrected chi connectivity index (χ4v) is 3.23. The molecule has 1 amide bonds. The number of hydrogen-bond acceptors (Lipinski definition) is 4. The minimum Gasteiger partial charge on any atom is -0.325 e. The third-order valence-corrected chi connectivity index (χ3v) is 4.93. The molecule has 2 aromatic rings. The molecule has 3 rings (SSSR count). The number of thioether (sulfide) groups is 1. The predicted octanol–water partition coefficient (Wildman–Crippen LogP) is 2.59. The van der Waals surface area contributed by atoms with Crippen LogP contribution in [0.1, 0.15) is 38.3 Å². The number of anilines is 1. The van der Waals surface area contributed by atoms with Crippen LogP contribution < -0.4 is 11.0 Å². The summed E-state index contributed by atoms with van der Waals surface area (Å²) in [6, 6.07) is 8.06. The summed E-state index contributed by atoms with van der Waals surface area (Å²) in [7, 11) is 0. The number of amides is 1. The number of aryl methyl sites for hydroxylation is 1. The summed E-state index contributed by atoms with van der Waals surface area (Å²) in [5.41, 5.74) is 1.81. The van der Waals surface area contributed by atoms with Crippen molar-refractivity contribution in [2.45, 2.75) is 49.6 Å². The Morgan fingerprint density at radius 3 is 2.74 bits per heavy atom. The predicted molar refractivity (Wildman–Crippen MR) is 90.9 cm³/mol. The van der Waals surface area contributed by atoms with Gasteiger partial charge in [-0.1, -0.05) is 30.8 Å². The molecule has 1 saturated carbocycles. The van der Waals surface area contributed by atoms with Crippen LogP contribution >= 0.6 is 11.8 Å². The number of hydrogen-bond donors (Lipinski definition) is 2. The zero-order valence-corrected chi connectivity index (χ0v) is 14.0.